The maximum Gasteiger partial charge on any atom is 0.251 e. The van der Waals surface area contributed by atoms with E-state index in [4.69, 9.17) is 15.2 Å². The van der Waals surface area contributed by atoms with Crippen molar-refractivity contribution in [2.75, 3.05) is 19.4 Å². The molecule has 0 bridgehead atoms. The fourth-order valence-electron chi connectivity index (χ4n) is 2.19. The van der Waals surface area contributed by atoms with Crippen LogP contribution in [0, 0.1) is 6.92 Å². The van der Waals surface area contributed by atoms with Gasteiger partial charge in [0.1, 0.15) is 6.10 Å². The summed E-state index contributed by atoms with van der Waals surface area (Å²) in [5.41, 5.74) is 7.77. The highest BCUT2D eigenvalue weighted by atomic mass is 16.5. The van der Waals surface area contributed by atoms with Gasteiger partial charge in [0.05, 0.1) is 13.7 Å². The highest BCUT2D eigenvalue weighted by molar-refractivity contribution is 5.96. The van der Waals surface area contributed by atoms with Crippen molar-refractivity contribution in [1.82, 2.24) is 5.32 Å². The van der Waals surface area contributed by atoms with Gasteiger partial charge in [0.15, 0.2) is 11.5 Å². The lowest BCUT2D eigenvalue weighted by Gasteiger charge is -2.17. The number of carbonyl (C=O) groups is 1. The lowest BCUT2D eigenvalue weighted by molar-refractivity contribution is 0.0931. The molecule has 23 heavy (non-hydrogen) atoms. The lowest BCUT2D eigenvalue weighted by Crippen LogP contribution is -2.34. The Bertz CT molecular complexity index is 686. The van der Waals surface area contributed by atoms with E-state index in [1.807, 2.05) is 44.2 Å². The Morgan fingerprint density at radius 1 is 1.22 bits per heavy atom. The summed E-state index contributed by atoms with van der Waals surface area (Å²) in [4.78, 5) is 12.3. The molecule has 2 aromatic rings. The zero-order valence-corrected chi connectivity index (χ0v) is 13.6. The van der Waals surface area contributed by atoms with Crippen molar-refractivity contribution in [2.45, 2.75) is 20.0 Å². The van der Waals surface area contributed by atoms with Gasteiger partial charge in [-0.15, -0.1) is 0 Å². The zero-order valence-electron chi connectivity index (χ0n) is 13.6. The number of aryl methyl sites for hydroxylation is 1. The van der Waals surface area contributed by atoms with Gasteiger partial charge in [0.2, 0.25) is 0 Å². The topological polar surface area (TPSA) is 73.6 Å². The molecule has 1 atom stereocenters. The Balaban J connectivity index is 1.95. The van der Waals surface area contributed by atoms with Crippen LogP contribution in [0.25, 0.3) is 0 Å². The summed E-state index contributed by atoms with van der Waals surface area (Å²) in [6.45, 7) is 4.15. The Hall–Kier alpha value is -2.69. The van der Waals surface area contributed by atoms with E-state index in [0.29, 0.717) is 29.3 Å². The molecule has 5 nitrogen and oxygen atoms in total. The smallest absolute Gasteiger partial charge is 0.251 e. The van der Waals surface area contributed by atoms with Gasteiger partial charge in [-0.25, -0.2) is 0 Å². The van der Waals surface area contributed by atoms with Crippen LogP contribution in [0.3, 0.4) is 0 Å². The molecule has 1 unspecified atom stereocenters. The highest BCUT2D eigenvalue weighted by Crippen LogP contribution is 2.26. The second-order valence-electron chi connectivity index (χ2n) is 5.36. The van der Waals surface area contributed by atoms with E-state index in [0.717, 1.165) is 5.56 Å². The number of methoxy groups -OCH3 is 1. The van der Waals surface area contributed by atoms with Crippen LogP contribution in [0.5, 0.6) is 11.5 Å². The van der Waals surface area contributed by atoms with Gasteiger partial charge in [-0.3, -0.25) is 4.79 Å². The van der Waals surface area contributed by atoms with Gasteiger partial charge in [0.25, 0.3) is 5.91 Å². The molecule has 0 spiro atoms. The molecule has 0 saturated heterocycles. The number of nitrogens with two attached hydrogens (primary N) is 1. The maximum atomic E-state index is 12.3. The van der Waals surface area contributed by atoms with E-state index < -0.39 is 0 Å². The summed E-state index contributed by atoms with van der Waals surface area (Å²) in [6, 6.07) is 12.7. The molecule has 0 saturated carbocycles. The van der Waals surface area contributed by atoms with Crippen LogP contribution in [0.4, 0.5) is 5.69 Å². The second kappa shape index (κ2) is 7.54. The first kappa shape index (κ1) is 16.7. The molecular weight excluding hydrogens is 292 g/mol. The van der Waals surface area contributed by atoms with Crippen molar-refractivity contribution in [3.8, 4) is 11.5 Å². The summed E-state index contributed by atoms with van der Waals surface area (Å²) < 4.78 is 11.1. The molecule has 0 radical (unpaired) electrons. The van der Waals surface area contributed by atoms with Crippen LogP contribution in [-0.4, -0.2) is 25.7 Å². The number of rotatable bonds is 6. The standard InChI is InChI=1S/C18H22N2O3/c1-12-8-9-14(19)10-15(12)18(21)20-11-13(2)23-17-7-5-4-6-16(17)22-3/h4-10,13H,11,19H2,1-3H3,(H,20,21). The van der Waals surface area contributed by atoms with Gasteiger partial charge in [-0.1, -0.05) is 18.2 Å². The molecule has 0 heterocycles. The third kappa shape index (κ3) is 4.39. The molecule has 0 aliphatic carbocycles. The molecule has 0 fully saturated rings. The fourth-order valence-corrected chi connectivity index (χ4v) is 2.19. The number of nitrogen functional groups attached to an aromatic ring is 1. The van der Waals surface area contributed by atoms with E-state index in [2.05, 4.69) is 5.32 Å². The number of ether oxygens (including phenoxy) is 2. The minimum Gasteiger partial charge on any atom is -0.493 e. The van der Waals surface area contributed by atoms with Gasteiger partial charge in [-0.05, 0) is 43.7 Å². The number of amides is 1. The number of benzene rings is 2. The maximum absolute atomic E-state index is 12.3. The SMILES string of the molecule is COc1ccccc1OC(C)CNC(=O)c1cc(N)ccc1C. The number of hydrogen-bond acceptors (Lipinski definition) is 4. The Labute approximate surface area is 136 Å². The van der Waals surface area contributed by atoms with Crippen LogP contribution in [0.15, 0.2) is 42.5 Å². The fraction of sp³-hybridized carbons (Fsp3) is 0.278. The largest absolute Gasteiger partial charge is 0.493 e. The van der Waals surface area contributed by atoms with Crippen molar-refractivity contribution >= 4 is 11.6 Å². The van der Waals surface area contributed by atoms with E-state index in [1.54, 1.807) is 19.2 Å². The molecule has 1 amide bonds. The van der Waals surface area contributed by atoms with Crippen molar-refractivity contribution in [3.63, 3.8) is 0 Å². The monoisotopic (exact) mass is 314 g/mol. The minimum atomic E-state index is -0.198. The van der Waals surface area contributed by atoms with E-state index >= 15 is 0 Å². The van der Waals surface area contributed by atoms with Gasteiger partial charge >= 0.3 is 0 Å². The molecule has 5 heteroatoms. The summed E-state index contributed by atoms with van der Waals surface area (Å²) in [6.07, 6.45) is -0.198. The highest BCUT2D eigenvalue weighted by Gasteiger charge is 2.13. The summed E-state index contributed by atoms with van der Waals surface area (Å²) >= 11 is 0. The van der Waals surface area contributed by atoms with Crippen LogP contribution in [-0.2, 0) is 0 Å². The first-order valence-corrected chi connectivity index (χ1v) is 7.45. The molecule has 2 rings (SSSR count). The van der Waals surface area contributed by atoms with Gasteiger partial charge < -0.3 is 20.5 Å². The Morgan fingerprint density at radius 3 is 2.61 bits per heavy atom. The summed E-state index contributed by atoms with van der Waals surface area (Å²) in [5.74, 6) is 1.15. The number of para-hydroxylation sites is 2. The normalized spacial score (nSPS) is 11.6. The van der Waals surface area contributed by atoms with Crippen molar-refractivity contribution in [3.05, 3.63) is 53.6 Å². The predicted octanol–water partition coefficient (Wildman–Crippen LogP) is 2.78. The van der Waals surface area contributed by atoms with Crippen molar-refractivity contribution < 1.29 is 14.3 Å². The van der Waals surface area contributed by atoms with Gasteiger partial charge in [0, 0.05) is 11.3 Å². The average molecular weight is 314 g/mol. The van der Waals surface area contributed by atoms with Crippen LogP contribution in [0.1, 0.15) is 22.8 Å². The molecular formula is C18H22N2O3. The van der Waals surface area contributed by atoms with Crippen LogP contribution < -0.4 is 20.5 Å². The van der Waals surface area contributed by atoms with Gasteiger partial charge in [-0.2, -0.15) is 0 Å². The third-order valence-electron chi connectivity index (χ3n) is 3.45. The molecule has 0 aromatic heterocycles. The summed E-state index contributed by atoms with van der Waals surface area (Å²) in [5, 5.41) is 2.86. The quantitative estimate of drug-likeness (QED) is 0.804. The second-order valence-corrected chi connectivity index (χ2v) is 5.36. The minimum absolute atomic E-state index is 0.162. The molecule has 0 aliphatic rings. The van der Waals surface area contributed by atoms with E-state index in [-0.39, 0.29) is 12.0 Å². The average Bonchev–Trinajstić information content (AvgIpc) is 2.55. The van der Waals surface area contributed by atoms with Crippen LogP contribution >= 0.6 is 0 Å². The number of hydrogen-bond donors (Lipinski definition) is 2. The number of nitrogens with one attached hydrogen (secondary N) is 1. The van der Waals surface area contributed by atoms with Crippen molar-refractivity contribution in [1.29, 1.82) is 0 Å². The first-order chi connectivity index (χ1) is 11.0. The van der Waals surface area contributed by atoms with Crippen LogP contribution in [0.2, 0.25) is 0 Å². The number of anilines is 1. The predicted molar refractivity (Wildman–Crippen MR) is 91.0 cm³/mol. The summed E-state index contributed by atoms with van der Waals surface area (Å²) in [7, 11) is 1.59. The number of carbonyl (C=O) groups excluding carboxylic acids is 1. The van der Waals surface area contributed by atoms with Crippen molar-refractivity contribution in [2.24, 2.45) is 0 Å². The molecule has 3 N–H and O–H groups in total. The molecule has 122 valence electrons. The van der Waals surface area contributed by atoms with E-state index in [9.17, 15) is 4.79 Å². The third-order valence-corrected chi connectivity index (χ3v) is 3.45. The molecule has 0 aliphatic heterocycles. The molecule has 2 aromatic carbocycles. The Morgan fingerprint density at radius 2 is 1.91 bits per heavy atom. The zero-order chi connectivity index (χ0) is 16.8. The van der Waals surface area contributed by atoms with E-state index in [1.165, 1.54) is 0 Å². The lowest BCUT2D eigenvalue weighted by atomic mass is 10.1. The first-order valence-electron chi connectivity index (χ1n) is 7.45. The Kier molecular flexibility index (Phi) is 5.46.